The molecule has 1 heterocycles. The highest BCUT2D eigenvalue weighted by Crippen LogP contribution is 2.34. The molecule has 2 rings (SSSR count). The molecule has 0 aliphatic heterocycles. The lowest BCUT2D eigenvalue weighted by Gasteiger charge is -2.25. The molecule has 3 nitrogen and oxygen atoms in total. The van der Waals surface area contributed by atoms with Crippen LogP contribution in [0.2, 0.25) is 0 Å². The van der Waals surface area contributed by atoms with Crippen LogP contribution in [-0.2, 0) is 7.05 Å². The van der Waals surface area contributed by atoms with Crippen molar-refractivity contribution in [3.05, 3.63) is 16.4 Å². The highest BCUT2D eigenvalue weighted by atomic mass is 79.9. The summed E-state index contributed by atoms with van der Waals surface area (Å²) in [5.74, 6) is 0.550. The van der Waals surface area contributed by atoms with E-state index in [9.17, 15) is 0 Å². The van der Waals surface area contributed by atoms with E-state index in [-0.39, 0.29) is 0 Å². The maximum Gasteiger partial charge on any atom is 0.0797 e. The van der Waals surface area contributed by atoms with Crippen LogP contribution >= 0.6 is 15.9 Å². The van der Waals surface area contributed by atoms with Crippen LogP contribution in [0.5, 0.6) is 0 Å². The second-order valence-electron chi connectivity index (χ2n) is 4.16. The molecule has 1 aromatic rings. The van der Waals surface area contributed by atoms with Gasteiger partial charge in [0.15, 0.2) is 0 Å². The zero-order chi connectivity index (χ0) is 10.1. The summed E-state index contributed by atoms with van der Waals surface area (Å²) in [6.45, 7) is 0. The van der Waals surface area contributed by atoms with Crippen molar-refractivity contribution in [3.63, 3.8) is 0 Å². The molecule has 1 aliphatic rings. The summed E-state index contributed by atoms with van der Waals surface area (Å²) in [4.78, 5) is 0. The molecule has 0 aromatic carbocycles. The average Bonchev–Trinajstić information content (AvgIpc) is 2.45. The van der Waals surface area contributed by atoms with Crippen LogP contribution in [0.4, 0.5) is 0 Å². The fourth-order valence-corrected chi connectivity index (χ4v) is 2.93. The molecule has 0 amide bonds. The number of aromatic nitrogens is 2. The van der Waals surface area contributed by atoms with Gasteiger partial charge in [0.2, 0.25) is 0 Å². The quantitative estimate of drug-likeness (QED) is 0.838. The summed E-state index contributed by atoms with van der Waals surface area (Å²) in [7, 11) is 1.96. The van der Waals surface area contributed by atoms with E-state index < -0.39 is 0 Å². The molecule has 1 fully saturated rings. The first kappa shape index (κ1) is 10.2. The molecule has 1 saturated carbocycles. The van der Waals surface area contributed by atoms with E-state index in [2.05, 4.69) is 21.0 Å². The number of halogens is 1. The average molecular weight is 258 g/mol. The Labute approximate surface area is 92.8 Å². The van der Waals surface area contributed by atoms with E-state index in [1.165, 1.54) is 25.0 Å². The highest BCUT2D eigenvalue weighted by Gasteiger charge is 2.24. The Bertz CT molecular complexity index is 321. The predicted molar refractivity (Wildman–Crippen MR) is 60.1 cm³/mol. The first-order valence-corrected chi connectivity index (χ1v) is 5.90. The van der Waals surface area contributed by atoms with Gasteiger partial charge in [0.1, 0.15) is 0 Å². The van der Waals surface area contributed by atoms with Crippen LogP contribution in [0.15, 0.2) is 10.7 Å². The molecule has 78 valence electrons. The van der Waals surface area contributed by atoms with Crippen LogP contribution in [0.1, 0.15) is 37.3 Å². The van der Waals surface area contributed by atoms with Gasteiger partial charge in [0.05, 0.1) is 10.2 Å². The largest absolute Gasteiger partial charge is 0.328 e. The standard InChI is InChI=1S/C10H16BrN3/c1-14-6-9(11)10(13-14)7-3-2-4-8(12)5-7/h6-8H,2-5,12H2,1H3. The van der Waals surface area contributed by atoms with E-state index in [0.29, 0.717) is 12.0 Å². The first-order chi connectivity index (χ1) is 6.66. The zero-order valence-corrected chi connectivity index (χ0v) is 10.00. The molecule has 14 heavy (non-hydrogen) atoms. The number of nitrogens with two attached hydrogens (primary N) is 1. The molecule has 0 bridgehead atoms. The summed E-state index contributed by atoms with van der Waals surface area (Å²) in [5, 5.41) is 4.48. The van der Waals surface area contributed by atoms with Gasteiger partial charge >= 0.3 is 0 Å². The SMILES string of the molecule is Cn1cc(Br)c(C2CCCC(N)C2)n1. The first-order valence-electron chi connectivity index (χ1n) is 5.11. The van der Waals surface area contributed by atoms with Gasteiger partial charge in [-0.3, -0.25) is 4.68 Å². The maximum atomic E-state index is 5.97. The maximum absolute atomic E-state index is 5.97. The van der Waals surface area contributed by atoms with Gasteiger partial charge in [0.25, 0.3) is 0 Å². The molecular weight excluding hydrogens is 242 g/mol. The van der Waals surface area contributed by atoms with Gasteiger partial charge < -0.3 is 5.73 Å². The Balaban J connectivity index is 2.17. The molecular formula is C10H16BrN3. The number of aryl methyl sites for hydroxylation is 1. The molecule has 0 radical (unpaired) electrons. The Morgan fingerprint density at radius 2 is 2.36 bits per heavy atom. The number of hydrogen-bond donors (Lipinski definition) is 1. The van der Waals surface area contributed by atoms with Crippen molar-refractivity contribution in [2.45, 2.75) is 37.6 Å². The van der Waals surface area contributed by atoms with Crippen molar-refractivity contribution < 1.29 is 0 Å². The number of hydrogen-bond acceptors (Lipinski definition) is 2. The topological polar surface area (TPSA) is 43.8 Å². The predicted octanol–water partition coefficient (Wildman–Crippen LogP) is 2.17. The third-order valence-corrected chi connectivity index (χ3v) is 3.52. The fourth-order valence-electron chi connectivity index (χ4n) is 2.23. The Morgan fingerprint density at radius 1 is 1.57 bits per heavy atom. The van der Waals surface area contributed by atoms with Crippen molar-refractivity contribution in [2.75, 3.05) is 0 Å². The van der Waals surface area contributed by atoms with Gasteiger partial charge in [-0.05, 0) is 35.2 Å². The van der Waals surface area contributed by atoms with Crippen LogP contribution in [0, 0.1) is 0 Å². The number of nitrogens with zero attached hydrogens (tertiary/aromatic N) is 2. The van der Waals surface area contributed by atoms with Gasteiger partial charge in [-0.25, -0.2) is 0 Å². The van der Waals surface area contributed by atoms with Crippen molar-refractivity contribution in [2.24, 2.45) is 12.8 Å². The molecule has 1 aliphatic carbocycles. The molecule has 2 N–H and O–H groups in total. The second kappa shape index (κ2) is 4.03. The van der Waals surface area contributed by atoms with E-state index >= 15 is 0 Å². The normalized spacial score (nSPS) is 27.9. The summed E-state index contributed by atoms with van der Waals surface area (Å²) < 4.78 is 2.98. The third-order valence-electron chi connectivity index (χ3n) is 2.91. The van der Waals surface area contributed by atoms with Crippen molar-refractivity contribution >= 4 is 15.9 Å². The van der Waals surface area contributed by atoms with E-state index in [1.807, 2.05) is 17.9 Å². The van der Waals surface area contributed by atoms with Crippen molar-refractivity contribution in [1.82, 2.24) is 9.78 Å². The summed E-state index contributed by atoms with van der Waals surface area (Å²) in [6, 6.07) is 0.364. The van der Waals surface area contributed by atoms with Gasteiger partial charge in [-0.15, -0.1) is 0 Å². The lowest BCUT2D eigenvalue weighted by atomic mass is 9.84. The van der Waals surface area contributed by atoms with E-state index in [4.69, 9.17) is 5.73 Å². The van der Waals surface area contributed by atoms with E-state index in [0.717, 1.165) is 10.9 Å². The van der Waals surface area contributed by atoms with Crippen LogP contribution in [0.25, 0.3) is 0 Å². The monoisotopic (exact) mass is 257 g/mol. The Hall–Kier alpha value is -0.350. The minimum atomic E-state index is 0.364. The Kier molecular flexibility index (Phi) is 2.93. The lowest BCUT2D eigenvalue weighted by molar-refractivity contribution is 0.385. The molecule has 2 unspecified atom stereocenters. The molecule has 4 heteroatoms. The Morgan fingerprint density at radius 3 is 2.93 bits per heavy atom. The van der Waals surface area contributed by atoms with E-state index in [1.54, 1.807) is 0 Å². The fraction of sp³-hybridized carbons (Fsp3) is 0.700. The lowest BCUT2D eigenvalue weighted by Crippen LogP contribution is -2.27. The third kappa shape index (κ3) is 2.01. The van der Waals surface area contributed by atoms with Crippen LogP contribution < -0.4 is 5.73 Å². The van der Waals surface area contributed by atoms with Gasteiger partial charge in [-0.2, -0.15) is 5.10 Å². The minimum absolute atomic E-state index is 0.364. The van der Waals surface area contributed by atoms with Gasteiger partial charge in [-0.1, -0.05) is 6.42 Å². The summed E-state index contributed by atoms with van der Waals surface area (Å²) >= 11 is 3.55. The smallest absolute Gasteiger partial charge is 0.0797 e. The van der Waals surface area contributed by atoms with Crippen LogP contribution in [-0.4, -0.2) is 15.8 Å². The number of rotatable bonds is 1. The summed E-state index contributed by atoms with van der Waals surface area (Å²) in [6.07, 6.45) is 6.71. The van der Waals surface area contributed by atoms with Crippen molar-refractivity contribution in [1.29, 1.82) is 0 Å². The molecule has 1 aromatic heterocycles. The minimum Gasteiger partial charge on any atom is -0.328 e. The van der Waals surface area contributed by atoms with Crippen molar-refractivity contribution in [3.8, 4) is 0 Å². The molecule has 2 atom stereocenters. The summed E-state index contributed by atoms with van der Waals surface area (Å²) in [5.41, 5.74) is 7.15. The second-order valence-corrected chi connectivity index (χ2v) is 5.01. The highest BCUT2D eigenvalue weighted by molar-refractivity contribution is 9.10. The zero-order valence-electron chi connectivity index (χ0n) is 8.41. The van der Waals surface area contributed by atoms with Crippen LogP contribution in [0.3, 0.4) is 0 Å². The molecule has 0 saturated heterocycles. The van der Waals surface area contributed by atoms with Gasteiger partial charge in [0, 0.05) is 25.2 Å². The molecule has 0 spiro atoms.